The first-order valence-corrected chi connectivity index (χ1v) is 9.81. The molecule has 8 nitrogen and oxygen atoms in total. The molecule has 3 rings (SSSR count). The summed E-state index contributed by atoms with van der Waals surface area (Å²) in [6.07, 6.45) is 1.59. The SMILES string of the molecule is CC(C)Cn1cnc2c1c(=O)n(CC(=O)Nc1ccccc1)c(=O)n2CC(C)C. The van der Waals surface area contributed by atoms with E-state index >= 15 is 0 Å². The summed E-state index contributed by atoms with van der Waals surface area (Å²) in [6, 6.07) is 8.94. The third-order valence-corrected chi connectivity index (χ3v) is 4.45. The molecule has 0 spiro atoms. The number of nitrogens with one attached hydrogen (secondary N) is 1. The maximum Gasteiger partial charge on any atom is 0.333 e. The first-order valence-electron chi connectivity index (χ1n) is 9.81. The van der Waals surface area contributed by atoms with Crippen LogP contribution in [0.2, 0.25) is 0 Å². The van der Waals surface area contributed by atoms with E-state index in [1.807, 2.05) is 33.8 Å². The van der Waals surface area contributed by atoms with Gasteiger partial charge in [-0.25, -0.2) is 14.3 Å². The van der Waals surface area contributed by atoms with Crippen molar-refractivity contribution in [2.24, 2.45) is 11.8 Å². The minimum absolute atomic E-state index is 0.176. The second-order valence-electron chi connectivity index (χ2n) is 8.06. The molecule has 2 aromatic heterocycles. The van der Waals surface area contributed by atoms with Crippen LogP contribution in [0.25, 0.3) is 11.2 Å². The van der Waals surface area contributed by atoms with Gasteiger partial charge in [0.05, 0.1) is 6.33 Å². The van der Waals surface area contributed by atoms with Gasteiger partial charge in [0.25, 0.3) is 5.56 Å². The molecular weight excluding hydrogens is 370 g/mol. The van der Waals surface area contributed by atoms with Gasteiger partial charge < -0.3 is 9.88 Å². The Balaban J connectivity index is 2.08. The van der Waals surface area contributed by atoms with Crippen molar-refractivity contribution >= 4 is 22.8 Å². The lowest BCUT2D eigenvalue weighted by Gasteiger charge is -2.14. The quantitative estimate of drug-likeness (QED) is 0.662. The van der Waals surface area contributed by atoms with Crippen LogP contribution in [0.15, 0.2) is 46.2 Å². The highest BCUT2D eigenvalue weighted by atomic mass is 16.2. The van der Waals surface area contributed by atoms with E-state index in [1.165, 1.54) is 4.57 Å². The van der Waals surface area contributed by atoms with Crippen molar-refractivity contribution in [1.82, 2.24) is 18.7 Å². The highest BCUT2D eigenvalue weighted by Gasteiger charge is 2.20. The Hall–Kier alpha value is -3.16. The van der Waals surface area contributed by atoms with Crippen LogP contribution in [-0.4, -0.2) is 24.6 Å². The number of anilines is 1. The highest BCUT2D eigenvalue weighted by Crippen LogP contribution is 2.11. The molecule has 0 saturated carbocycles. The summed E-state index contributed by atoms with van der Waals surface area (Å²) in [6.45, 7) is 8.72. The zero-order valence-electron chi connectivity index (χ0n) is 17.3. The number of rotatable bonds is 7. The van der Waals surface area contributed by atoms with E-state index in [4.69, 9.17) is 0 Å². The Kier molecular flexibility index (Phi) is 6.00. The summed E-state index contributed by atoms with van der Waals surface area (Å²) in [5.74, 6) is 0.0446. The third-order valence-electron chi connectivity index (χ3n) is 4.45. The standard InChI is InChI=1S/C21H27N5O3/c1-14(2)10-24-13-22-19-18(24)20(28)26(21(29)25(19)11-15(3)4)12-17(27)23-16-8-6-5-7-9-16/h5-9,13-15H,10-12H2,1-4H3,(H,23,27). The molecule has 0 saturated heterocycles. The zero-order valence-corrected chi connectivity index (χ0v) is 17.3. The molecule has 0 bridgehead atoms. The van der Waals surface area contributed by atoms with E-state index in [2.05, 4.69) is 10.3 Å². The lowest BCUT2D eigenvalue weighted by molar-refractivity contribution is -0.116. The molecule has 1 amide bonds. The van der Waals surface area contributed by atoms with Gasteiger partial charge in [-0.15, -0.1) is 0 Å². The van der Waals surface area contributed by atoms with Gasteiger partial charge >= 0.3 is 5.69 Å². The molecule has 0 atom stereocenters. The first-order chi connectivity index (χ1) is 13.8. The smallest absolute Gasteiger partial charge is 0.325 e. The maximum atomic E-state index is 13.1. The molecule has 1 N–H and O–H groups in total. The number of hydrogen-bond donors (Lipinski definition) is 1. The van der Waals surface area contributed by atoms with Gasteiger partial charge in [0.1, 0.15) is 6.54 Å². The molecule has 0 unspecified atom stereocenters. The third kappa shape index (κ3) is 4.47. The Bertz CT molecular complexity index is 1120. The second-order valence-corrected chi connectivity index (χ2v) is 8.06. The molecule has 0 radical (unpaired) electrons. The molecule has 29 heavy (non-hydrogen) atoms. The van der Waals surface area contributed by atoms with Gasteiger partial charge in [-0.3, -0.25) is 14.2 Å². The number of amides is 1. The minimum atomic E-state index is -0.519. The molecule has 154 valence electrons. The summed E-state index contributed by atoms with van der Waals surface area (Å²) < 4.78 is 4.26. The summed E-state index contributed by atoms with van der Waals surface area (Å²) in [4.78, 5) is 43.1. The van der Waals surface area contributed by atoms with E-state index in [1.54, 1.807) is 35.2 Å². The van der Waals surface area contributed by atoms with E-state index in [0.29, 0.717) is 35.9 Å². The number of hydrogen-bond acceptors (Lipinski definition) is 4. The van der Waals surface area contributed by atoms with Gasteiger partial charge in [0.2, 0.25) is 5.91 Å². The molecule has 2 heterocycles. The van der Waals surface area contributed by atoms with Crippen molar-refractivity contribution in [2.75, 3.05) is 5.32 Å². The molecule has 3 aromatic rings. The van der Waals surface area contributed by atoms with Crippen molar-refractivity contribution in [1.29, 1.82) is 0 Å². The van der Waals surface area contributed by atoms with Crippen LogP contribution in [-0.2, 0) is 24.4 Å². The summed E-state index contributed by atoms with van der Waals surface area (Å²) in [5, 5.41) is 2.72. The predicted molar refractivity (Wildman–Crippen MR) is 113 cm³/mol. The Morgan fingerprint density at radius 3 is 2.28 bits per heavy atom. The summed E-state index contributed by atoms with van der Waals surface area (Å²) >= 11 is 0. The fourth-order valence-electron chi connectivity index (χ4n) is 3.31. The topological polar surface area (TPSA) is 90.9 Å². The van der Waals surface area contributed by atoms with Crippen LogP contribution < -0.4 is 16.6 Å². The predicted octanol–water partition coefficient (Wildman–Crippen LogP) is 2.31. The summed E-state index contributed by atoms with van der Waals surface area (Å²) in [7, 11) is 0. The van der Waals surface area contributed by atoms with Crippen molar-refractivity contribution in [3.63, 3.8) is 0 Å². The number of aromatic nitrogens is 4. The average Bonchev–Trinajstić information content (AvgIpc) is 3.06. The van der Waals surface area contributed by atoms with Crippen molar-refractivity contribution in [3.05, 3.63) is 57.5 Å². The van der Waals surface area contributed by atoms with E-state index in [9.17, 15) is 14.4 Å². The number of para-hydroxylation sites is 1. The summed E-state index contributed by atoms with van der Waals surface area (Å²) in [5.41, 5.74) is 0.320. The zero-order chi connectivity index (χ0) is 21.1. The molecule has 0 aliphatic carbocycles. The van der Waals surface area contributed by atoms with Crippen LogP contribution >= 0.6 is 0 Å². The van der Waals surface area contributed by atoms with Crippen molar-refractivity contribution < 1.29 is 4.79 Å². The number of benzene rings is 1. The highest BCUT2D eigenvalue weighted by molar-refractivity contribution is 5.90. The molecule has 1 aromatic carbocycles. The second kappa shape index (κ2) is 8.46. The maximum absolute atomic E-state index is 13.1. The van der Waals surface area contributed by atoms with Crippen LogP contribution in [0.1, 0.15) is 27.7 Å². The molecule has 0 fully saturated rings. The lowest BCUT2D eigenvalue weighted by atomic mass is 10.2. The van der Waals surface area contributed by atoms with Crippen molar-refractivity contribution in [3.8, 4) is 0 Å². The molecular formula is C21H27N5O3. The van der Waals surface area contributed by atoms with E-state index in [0.717, 1.165) is 4.57 Å². The van der Waals surface area contributed by atoms with Gasteiger partial charge in [-0.2, -0.15) is 0 Å². The number of imidazole rings is 1. The average molecular weight is 397 g/mol. The molecule has 8 heteroatoms. The Labute approximate surface area is 168 Å². The molecule has 0 aliphatic heterocycles. The van der Waals surface area contributed by atoms with Gasteiger partial charge in [0.15, 0.2) is 11.2 Å². The normalized spacial score (nSPS) is 11.5. The van der Waals surface area contributed by atoms with Crippen LogP contribution in [0, 0.1) is 11.8 Å². The van der Waals surface area contributed by atoms with Crippen LogP contribution in [0.4, 0.5) is 5.69 Å². The Morgan fingerprint density at radius 1 is 1.00 bits per heavy atom. The van der Waals surface area contributed by atoms with Gasteiger partial charge in [0, 0.05) is 18.8 Å². The van der Waals surface area contributed by atoms with Crippen LogP contribution in [0.3, 0.4) is 0 Å². The van der Waals surface area contributed by atoms with Crippen molar-refractivity contribution in [2.45, 2.75) is 47.3 Å². The number of fused-ring (bicyclic) bond motifs is 1. The largest absolute Gasteiger partial charge is 0.333 e. The van der Waals surface area contributed by atoms with E-state index < -0.39 is 17.2 Å². The van der Waals surface area contributed by atoms with E-state index in [-0.39, 0.29) is 12.5 Å². The van der Waals surface area contributed by atoms with Gasteiger partial charge in [-0.1, -0.05) is 45.9 Å². The monoisotopic (exact) mass is 397 g/mol. The number of carbonyl (C=O) groups excluding carboxylic acids is 1. The minimum Gasteiger partial charge on any atom is -0.325 e. The fourth-order valence-corrected chi connectivity index (χ4v) is 3.31. The van der Waals surface area contributed by atoms with Gasteiger partial charge in [-0.05, 0) is 24.0 Å². The first kappa shape index (κ1) is 20.6. The van der Waals surface area contributed by atoms with Crippen LogP contribution in [0.5, 0.6) is 0 Å². The number of carbonyl (C=O) groups is 1. The fraction of sp³-hybridized carbons (Fsp3) is 0.429. The number of nitrogens with zero attached hydrogens (tertiary/aromatic N) is 4. The Morgan fingerprint density at radius 2 is 1.66 bits per heavy atom. The molecule has 0 aliphatic rings. The lowest BCUT2D eigenvalue weighted by Crippen LogP contribution is -2.43.